The number of ether oxygens (including phenoxy) is 1. The van der Waals surface area contributed by atoms with Crippen LogP contribution in [0.2, 0.25) is 0 Å². The third-order valence-corrected chi connectivity index (χ3v) is 8.18. The quantitative estimate of drug-likeness (QED) is 0.318. The van der Waals surface area contributed by atoms with E-state index in [-0.39, 0.29) is 11.9 Å². The molecule has 1 saturated heterocycles. The number of anilines is 1. The summed E-state index contributed by atoms with van der Waals surface area (Å²) < 4.78 is 22.4. The van der Waals surface area contributed by atoms with Crippen LogP contribution in [0.25, 0.3) is 22.2 Å². The molecule has 0 spiro atoms. The van der Waals surface area contributed by atoms with Gasteiger partial charge >= 0.3 is 0 Å². The highest BCUT2D eigenvalue weighted by Gasteiger charge is 2.29. The van der Waals surface area contributed by atoms with Crippen LogP contribution in [0.4, 0.5) is 10.3 Å². The van der Waals surface area contributed by atoms with Gasteiger partial charge in [-0.15, -0.1) is 0 Å². The van der Waals surface area contributed by atoms with Gasteiger partial charge in [0.05, 0.1) is 36.2 Å². The van der Waals surface area contributed by atoms with Gasteiger partial charge in [0.25, 0.3) is 0 Å². The van der Waals surface area contributed by atoms with Crippen LogP contribution in [0.15, 0.2) is 73.7 Å². The molecule has 1 fully saturated rings. The standard InChI is InChI=1S/C30H30FN9O2/c1-30(32,22-2-4-24(31)5-3-22)23-12-33-29(34-13-23)38-8-6-19(7-9-38)28-25-10-20(14-39(25)37-18-35-28)21-11-36-40(15-21)26-16-42-17-27(26)41/h2-6,10-15,18,26-27,41H,7-9,16-17,32H2,1H3/t26-,27+,30-/m0/s1. The van der Waals surface area contributed by atoms with Crippen LogP contribution in [0.5, 0.6) is 0 Å². The number of nitrogens with two attached hydrogens (primary N) is 1. The van der Waals surface area contributed by atoms with E-state index >= 15 is 0 Å². The van der Waals surface area contributed by atoms with Crippen molar-refractivity contribution in [2.75, 3.05) is 31.2 Å². The zero-order valence-corrected chi connectivity index (χ0v) is 23.0. The maximum atomic E-state index is 13.4. The van der Waals surface area contributed by atoms with E-state index < -0.39 is 11.6 Å². The summed E-state index contributed by atoms with van der Waals surface area (Å²) in [4.78, 5) is 15.9. The number of fused-ring (bicyclic) bond motifs is 1. The number of hydrogen-bond acceptors (Lipinski definition) is 9. The molecule has 4 aromatic heterocycles. The van der Waals surface area contributed by atoms with Crippen LogP contribution in [-0.4, -0.2) is 71.9 Å². The lowest BCUT2D eigenvalue weighted by Gasteiger charge is -2.28. The molecule has 42 heavy (non-hydrogen) atoms. The summed E-state index contributed by atoms with van der Waals surface area (Å²) in [6, 6.07) is 8.06. The van der Waals surface area contributed by atoms with Crippen LogP contribution in [-0.2, 0) is 10.3 Å². The zero-order chi connectivity index (χ0) is 28.8. The van der Waals surface area contributed by atoms with Gasteiger partial charge in [-0.3, -0.25) is 4.68 Å². The number of aromatic nitrogens is 7. The average Bonchev–Trinajstić information content (AvgIpc) is 3.77. The molecule has 2 aliphatic rings. The number of aliphatic hydroxyl groups excluding tert-OH is 1. The molecule has 0 bridgehead atoms. The molecular weight excluding hydrogens is 537 g/mol. The fraction of sp³-hybridized carbons (Fsp3) is 0.300. The molecule has 3 atom stereocenters. The largest absolute Gasteiger partial charge is 0.388 e. The minimum absolute atomic E-state index is 0.184. The third kappa shape index (κ3) is 4.73. The van der Waals surface area contributed by atoms with E-state index in [1.54, 1.807) is 41.7 Å². The summed E-state index contributed by atoms with van der Waals surface area (Å²) in [5, 5.41) is 19.1. The Morgan fingerprint density at radius 3 is 2.52 bits per heavy atom. The lowest BCUT2D eigenvalue weighted by molar-refractivity contribution is 0.118. The highest BCUT2D eigenvalue weighted by atomic mass is 19.1. The molecule has 0 unspecified atom stereocenters. The molecule has 2 aliphatic heterocycles. The van der Waals surface area contributed by atoms with E-state index in [1.165, 1.54) is 12.1 Å². The Balaban J connectivity index is 1.09. The fourth-order valence-electron chi connectivity index (χ4n) is 5.57. The van der Waals surface area contributed by atoms with Gasteiger partial charge < -0.3 is 20.5 Å². The van der Waals surface area contributed by atoms with E-state index in [4.69, 9.17) is 10.5 Å². The van der Waals surface area contributed by atoms with Crippen molar-refractivity contribution >= 4 is 17.0 Å². The third-order valence-electron chi connectivity index (χ3n) is 8.18. The maximum absolute atomic E-state index is 13.4. The Morgan fingerprint density at radius 2 is 1.81 bits per heavy atom. The van der Waals surface area contributed by atoms with Crippen molar-refractivity contribution in [1.29, 1.82) is 0 Å². The van der Waals surface area contributed by atoms with Crippen molar-refractivity contribution in [3.63, 3.8) is 0 Å². The molecule has 7 rings (SSSR count). The molecule has 0 amide bonds. The predicted molar refractivity (Wildman–Crippen MR) is 154 cm³/mol. The van der Waals surface area contributed by atoms with Crippen molar-refractivity contribution in [2.24, 2.45) is 5.73 Å². The van der Waals surface area contributed by atoms with E-state index in [2.05, 4.69) is 42.2 Å². The lowest BCUT2D eigenvalue weighted by atomic mass is 9.87. The highest BCUT2D eigenvalue weighted by molar-refractivity contribution is 5.80. The van der Waals surface area contributed by atoms with E-state index in [0.29, 0.717) is 25.7 Å². The lowest BCUT2D eigenvalue weighted by Crippen LogP contribution is -2.35. The van der Waals surface area contributed by atoms with Crippen molar-refractivity contribution in [2.45, 2.75) is 31.0 Å². The van der Waals surface area contributed by atoms with Crippen molar-refractivity contribution in [3.05, 3.63) is 96.4 Å². The number of halogens is 1. The predicted octanol–water partition coefficient (Wildman–Crippen LogP) is 2.97. The molecular formula is C30H30FN9O2. The van der Waals surface area contributed by atoms with Gasteiger partial charge in [0.2, 0.25) is 5.95 Å². The minimum Gasteiger partial charge on any atom is -0.388 e. The summed E-state index contributed by atoms with van der Waals surface area (Å²) in [5.41, 5.74) is 12.1. The molecule has 11 nitrogen and oxygen atoms in total. The number of hydrogen-bond donors (Lipinski definition) is 2. The van der Waals surface area contributed by atoms with Gasteiger partial charge in [-0.2, -0.15) is 10.2 Å². The molecule has 5 aromatic rings. The van der Waals surface area contributed by atoms with E-state index in [1.807, 2.05) is 23.8 Å². The fourth-order valence-corrected chi connectivity index (χ4v) is 5.57. The smallest absolute Gasteiger partial charge is 0.225 e. The summed E-state index contributed by atoms with van der Waals surface area (Å²) in [6.45, 7) is 3.99. The molecule has 3 N–H and O–H groups in total. The summed E-state index contributed by atoms with van der Waals surface area (Å²) in [5.74, 6) is 0.319. The number of nitrogens with zero attached hydrogens (tertiary/aromatic N) is 8. The summed E-state index contributed by atoms with van der Waals surface area (Å²) in [7, 11) is 0. The van der Waals surface area contributed by atoms with E-state index in [9.17, 15) is 9.50 Å². The zero-order valence-electron chi connectivity index (χ0n) is 23.0. The van der Waals surface area contributed by atoms with Crippen LogP contribution in [0, 0.1) is 5.82 Å². The van der Waals surface area contributed by atoms with Gasteiger partial charge in [0.15, 0.2) is 0 Å². The molecule has 214 valence electrons. The first-order valence-electron chi connectivity index (χ1n) is 13.8. The highest BCUT2D eigenvalue weighted by Crippen LogP contribution is 2.31. The topological polar surface area (TPSA) is 133 Å². The van der Waals surface area contributed by atoms with Gasteiger partial charge in [-0.05, 0) is 42.7 Å². The Kier molecular flexibility index (Phi) is 6.53. The Labute approximate surface area is 241 Å². The van der Waals surface area contributed by atoms with Crippen LogP contribution in [0.1, 0.15) is 36.2 Å². The van der Waals surface area contributed by atoms with Crippen LogP contribution < -0.4 is 10.6 Å². The Morgan fingerprint density at radius 1 is 1.00 bits per heavy atom. The Hall–Kier alpha value is -4.52. The average molecular weight is 568 g/mol. The van der Waals surface area contributed by atoms with Crippen molar-refractivity contribution in [3.8, 4) is 11.1 Å². The van der Waals surface area contributed by atoms with Crippen molar-refractivity contribution in [1.82, 2.24) is 34.3 Å². The normalized spacial score (nSPS) is 20.6. The second-order valence-corrected chi connectivity index (χ2v) is 11.0. The SMILES string of the molecule is C[C@](N)(c1ccc(F)cc1)c1cnc(N2CC=C(c3ncnn4cc(-c5cnn([C@H]6COC[C@H]6O)c5)cc34)CC2)nc1. The van der Waals surface area contributed by atoms with Gasteiger partial charge in [0.1, 0.15) is 24.3 Å². The molecule has 0 radical (unpaired) electrons. The van der Waals surface area contributed by atoms with E-state index in [0.717, 1.165) is 52.0 Å². The van der Waals surface area contributed by atoms with Crippen molar-refractivity contribution < 1.29 is 14.2 Å². The summed E-state index contributed by atoms with van der Waals surface area (Å²) >= 11 is 0. The maximum Gasteiger partial charge on any atom is 0.225 e. The van der Waals surface area contributed by atoms with Crippen LogP contribution >= 0.6 is 0 Å². The second kappa shape index (κ2) is 10.4. The van der Waals surface area contributed by atoms with Gasteiger partial charge in [-0.1, -0.05) is 18.2 Å². The monoisotopic (exact) mass is 567 g/mol. The second-order valence-electron chi connectivity index (χ2n) is 11.0. The molecule has 0 saturated carbocycles. The van der Waals surface area contributed by atoms with Gasteiger partial charge in [-0.25, -0.2) is 23.9 Å². The first-order chi connectivity index (χ1) is 20.4. The molecule has 0 aliphatic carbocycles. The first kappa shape index (κ1) is 26.4. The summed E-state index contributed by atoms with van der Waals surface area (Å²) in [6.07, 6.45) is 13.1. The number of rotatable bonds is 6. The van der Waals surface area contributed by atoms with Gasteiger partial charge in [0, 0.05) is 54.6 Å². The molecule has 6 heterocycles. The first-order valence-corrected chi connectivity index (χ1v) is 13.8. The molecule has 12 heteroatoms. The Bertz CT molecular complexity index is 1760. The minimum atomic E-state index is -0.847. The number of aliphatic hydroxyl groups is 1. The number of benzene rings is 1. The molecule has 1 aromatic carbocycles. The van der Waals surface area contributed by atoms with Crippen LogP contribution in [0.3, 0.4) is 0 Å².